The molecule has 0 spiro atoms. The van der Waals surface area contributed by atoms with Gasteiger partial charge in [-0.3, -0.25) is 0 Å². The molecule has 0 radical (unpaired) electrons. The second-order valence-electron chi connectivity index (χ2n) is 6.58. The standard InChI is InChI=1S/C15H24N2OS/c1-10-6-4-5-9-17(10)14-16-12(11-7-8-11)13(19-14)15(2,3)18/h10-11,18H,4-9H2,1-3H3. The maximum Gasteiger partial charge on any atom is 0.186 e. The SMILES string of the molecule is CC1CCCCN1c1nc(C2CC2)c(C(C)(C)O)s1. The van der Waals surface area contributed by atoms with Crippen LogP contribution in [0, 0.1) is 0 Å². The van der Waals surface area contributed by atoms with Crippen molar-refractivity contribution in [2.75, 3.05) is 11.4 Å². The average Bonchev–Trinajstić information content (AvgIpc) is 3.08. The van der Waals surface area contributed by atoms with Gasteiger partial charge in [0.15, 0.2) is 5.13 Å². The van der Waals surface area contributed by atoms with Crippen LogP contribution in [0.25, 0.3) is 0 Å². The molecule has 2 aliphatic rings. The molecule has 1 unspecified atom stereocenters. The van der Waals surface area contributed by atoms with Crippen LogP contribution in [0.2, 0.25) is 0 Å². The van der Waals surface area contributed by atoms with E-state index in [1.807, 2.05) is 13.8 Å². The van der Waals surface area contributed by atoms with Gasteiger partial charge in [-0.05, 0) is 52.9 Å². The lowest BCUT2D eigenvalue weighted by Crippen LogP contribution is -2.37. The summed E-state index contributed by atoms with van der Waals surface area (Å²) in [4.78, 5) is 8.42. The van der Waals surface area contributed by atoms with Gasteiger partial charge in [0.05, 0.1) is 16.2 Å². The van der Waals surface area contributed by atoms with Crippen LogP contribution in [0.1, 0.15) is 69.4 Å². The van der Waals surface area contributed by atoms with Crippen molar-refractivity contribution in [2.45, 2.75) is 70.4 Å². The Morgan fingerprint density at radius 2 is 2.00 bits per heavy atom. The van der Waals surface area contributed by atoms with Crippen LogP contribution in [0.15, 0.2) is 0 Å². The highest BCUT2D eigenvalue weighted by atomic mass is 32.1. The molecule has 3 nitrogen and oxygen atoms in total. The van der Waals surface area contributed by atoms with Crippen molar-refractivity contribution in [3.63, 3.8) is 0 Å². The summed E-state index contributed by atoms with van der Waals surface area (Å²) in [6.45, 7) is 7.18. The van der Waals surface area contributed by atoms with E-state index < -0.39 is 5.60 Å². The van der Waals surface area contributed by atoms with E-state index in [9.17, 15) is 5.11 Å². The number of rotatable bonds is 3. The first-order valence-corrected chi connectivity index (χ1v) is 8.28. The number of aliphatic hydroxyl groups is 1. The summed E-state index contributed by atoms with van der Waals surface area (Å²) in [5.74, 6) is 0.603. The average molecular weight is 280 g/mol. The smallest absolute Gasteiger partial charge is 0.186 e. The summed E-state index contributed by atoms with van der Waals surface area (Å²) in [7, 11) is 0. The molecule has 0 amide bonds. The molecule has 19 heavy (non-hydrogen) atoms. The monoisotopic (exact) mass is 280 g/mol. The largest absolute Gasteiger partial charge is 0.385 e. The second kappa shape index (κ2) is 4.74. The van der Waals surface area contributed by atoms with Crippen LogP contribution in [-0.4, -0.2) is 22.7 Å². The summed E-state index contributed by atoms with van der Waals surface area (Å²) in [5, 5.41) is 11.5. The molecule has 1 saturated carbocycles. The molecule has 1 aromatic heterocycles. The van der Waals surface area contributed by atoms with Crippen LogP contribution in [-0.2, 0) is 5.60 Å². The third-order valence-corrected chi connectivity index (χ3v) is 5.63. The number of hydrogen-bond acceptors (Lipinski definition) is 4. The lowest BCUT2D eigenvalue weighted by molar-refractivity contribution is 0.0813. The molecule has 1 aromatic rings. The zero-order valence-corrected chi connectivity index (χ0v) is 13.0. The number of thiazole rings is 1. The van der Waals surface area contributed by atoms with E-state index in [1.165, 1.54) is 37.8 Å². The van der Waals surface area contributed by atoms with Gasteiger partial charge in [-0.25, -0.2) is 4.98 Å². The summed E-state index contributed by atoms with van der Waals surface area (Å²) >= 11 is 1.71. The molecule has 2 fully saturated rings. The maximum absolute atomic E-state index is 10.4. The normalized spacial score (nSPS) is 24.8. The maximum atomic E-state index is 10.4. The molecule has 106 valence electrons. The van der Waals surface area contributed by atoms with Gasteiger partial charge in [-0.2, -0.15) is 0 Å². The van der Waals surface area contributed by atoms with Crippen LogP contribution >= 0.6 is 11.3 Å². The number of anilines is 1. The Morgan fingerprint density at radius 1 is 1.26 bits per heavy atom. The van der Waals surface area contributed by atoms with Crippen molar-refractivity contribution < 1.29 is 5.11 Å². The highest BCUT2D eigenvalue weighted by Gasteiger charge is 2.36. The second-order valence-corrected chi connectivity index (χ2v) is 7.56. The summed E-state index contributed by atoms with van der Waals surface area (Å²) in [6.07, 6.45) is 6.33. The van der Waals surface area contributed by atoms with Crippen molar-refractivity contribution >= 4 is 16.5 Å². The van der Waals surface area contributed by atoms with Crippen molar-refractivity contribution in [1.29, 1.82) is 0 Å². The van der Waals surface area contributed by atoms with E-state index in [0.29, 0.717) is 12.0 Å². The predicted molar refractivity (Wildman–Crippen MR) is 80.0 cm³/mol. The zero-order chi connectivity index (χ0) is 13.6. The highest BCUT2D eigenvalue weighted by Crippen LogP contribution is 2.47. The first-order valence-electron chi connectivity index (χ1n) is 7.47. The van der Waals surface area contributed by atoms with Gasteiger partial charge in [0.2, 0.25) is 0 Å². The van der Waals surface area contributed by atoms with Crippen molar-refractivity contribution in [3.05, 3.63) is 10.6 Å². The minimum absolute atomic E-state index is 0.585. The van der Waals surface area contributed by atoms with Crippen LogP contribution in [0.4, 0.5) is 5.13 Å². The molecule has 2 heterocycles. The highest BCUT2D eigenvalue weighted by molar-refractivity contribution is 7.15. The fourth-order valence-electron chi connectivity index (χ4n) is 2.90. The van der Waals surface area contributed by atoms with E-state index in [-0.39, 0.29) is 0 Å². The fraction of sp³-hybridized carbons (Fsp3) is 0.800. The van der Waals surface area contributed by atoms with E-state index in [0.717, 1.165) is 16.6 Å². The van der Waals surface area contributed by atoms with Crippen molar-refractivity contribution in [2.24, 2.45) is 0 Å². The third-order valence-electron chi connectivity index (χ3n) is 4.21. The Labute approximate surface area is 119 Å². The van der Waals surface area contributed by atoms with Crippen LogP contribution in [0.3, 0.4) is 0 Å². The molecule has 1 N–H and O–H groups in total. The van der Waals surface area contributed by atoms with E-state index >= 15 is 0 Å². The van der Waals surface area contributed by atoms with Crippen LogP contribution < -0.4 is 4.90 Å². The summed E-state index contributed by atoms with van der Waals surface area (Å²) < 4.78 is 0. The minimum atomic E-state index is -0.757. The van der Waals surface area contributed by atoms with Gasteiger partial charge in [-0.1, -0.05) is 11.3 Å². The lowest BCUT2D eigenvalue weighted by atomic mass is 10.0. The Kier molecular flexibility index (Phi) is 3.34. The topological polar surface area (TPSA) is 36.4 Å². The third kappa shape index (κ3) is 2.65. The summed E-state index contributed by atoms with van der Waals surface area (Å²) in [6, 6.07) is 0.585. The summed E-state index contributed by atoms with van der Waals surface area (Å²) in [5.41, 5.74) is 0.414. The van der Waals surface area contributed by atoms with Gasteiger partial charge in [0.1, 0.15) is 0 Å². The van der Waals surface area contributed by atoms with Gasteiger partial charge >= 0.3 is 0 Å². The Hall–Kier alpha value is -0.610. The van der Waals surface area contributed by atoms with Gasteiger partial charge in [0, 0.05) is 18.5 Å². The molecule has 1 aliphatic carbocycles. The molecular formula is C15H24N2OS. The molecule has 3 rings (SSSR count). The van der Waals surface area contributed by atoms with E-state index in [4.69, 9.17) is 4.98 Å². The molecule has 0 bridgehead atoms. The predicted octanol–water partition coefficient (Wildman–Crippen LogP) is 3.63. The Morgan fingerprint density at radius 3 is 2.58 bits per heavy atom. The lowest BCUT2D eigenvalue weighted by Gasteiger charge is -2.33. The minimum Gasteiger partial charge on any atom is -0.385 e. The molecule has 4 heteroatoms. The Bertz CT molecular complexity index is 459. The molecule has 0 aromatic carbocycles. The van der Waals surface area contributed by atoms with Crippen molar-refractivity contribution in [3.8, 4) is 0 Å². The zero-order valence-electron chi connectivity index (χ0n) is 12.1. The number of hydrogen-bond donors (Lipinski definition) is 1. The van der Waals surface area contributed by atoms with E-state index in [2.05, 4.69) is 11.8 Å². The number of aromatic nitrogens is 1. The van der Waals surface area contributed by atoms with Crippen LogP contribution in [0.5, 0.6) is 0 Å². The molecule has 1 atom stereocenters. The van der Waals surface area contributed by atoms with Gasteiger partial charge in [0.25, 0.3) is 0 Å². The number of piperidine rings is 1. The van der Waals surface area contributed by atoms with E-state index in [1.54, 1.807) is 11.3 Å². The number of nitrogens with zero attached hydrogens (tertiary/aromatic N) is 2. The molecule has 1 aliphatic heterocycles. The fourth-order valence-corrected chi connectivity index (χ4v) is 4.18. The van der Waals surface area contributed by atoms with Crippen molar-refractivity contribution in [1.82, 2.24) is 4.98 Å². The molecule has 1 saturated heterocycles. The first kappa shape index (κ1) is 13.4. The Balaban J connectivity index is 1.94. The van der Waals surface area contributed by atoms with Gasteiger partial charge in [-0.15, -0.1) is 0 Å². The molecular weight excluding hydrogens is 256 g/mol. The first-order chi connectivity index (χ1) is 8.97. The van der Waals surface area contributed by atoms with Gasteiger partial charge < -0.3 is 10.0 Å². The quantitative estimate of drug-likeness (QED) is 0.918.